The molecule has 7 atom stereocenters. The summed E-state index contributed by atoms with van der Waals surface area (Å²) in [5, 5.41) is 36.3. The molecule has 1 aromatic rings. The van der Waals surface area contributed by atoms with E-state index >= 15 is 0 Å². The number of aliphatic carboxylic acids is 1. The lowest BCUT2D eigenvalue weighted by Gasteiger charge is -2.31. The van der Waals surface area contributed by atoms with Crippen molar-refractivity contribution in [3.05, 3.63) is 40.3 Å². The molecule has 1 saturated heterocycles. The maximum absolute atomic E-state index is 14.3. The summed E-state index contributed by atoms with van der Waals surface area (Å²) in [7, 11) is 6.26. The molecular weight excluding hydrogens is 801 g/mol. The van der Waals surface area contributed by atoms with Gasteiger partial charge in [0.25, 0.3) is 0 Å². The quantitative estimate of drug-likeness (QED) is 0.0124. The highest BCUT2D eigenvalue weighted by atomic mass is 16.4. The number of carboxylic acid groups (broad SMARTS) is 1. The van der Waals surface area contributed by atoms with Gasteiger partial charge in [0, 0.05) is 24.4 Å². The summed E-state index contributed by atoms with van der Waals surface area (Å²) in [5.41, 5.74) is 20.8. The number of aliphatic imine (C=N–C) groups is 1. The van der Waals surface area contributed by atoms with Crippen molar-refractivity contribution in [3.8, 4) is 5.75 Å². The molecule has 0 spiro atoms. The Hall–Kier alpha value is -5.62. The van der Waals surface area contributed by atoms with E-state index in [1.54, 1.807) is 32.9 Å². The maximum Gasteiger partial charge on any atom is 0.245 e. The van der Waals surface area contributed by atoms with Crippen molar-refractivity contribution in [3.63, 3.8) is 0 Å². The largest absolute Gasteiger partial charge is 0.548 e. The van der Waals surface area contributed by atoms with Crippen LogP contribution in [0.15, 0.2) is 34.4 Å². The Morgan fingerprint density at radius 3 is 2.15 bits per heavy atom. The zero-order valence-electron chi connectivity index (χ0n) is 37.5. The molecule has 2 rings (SSSR count). The van der Waals surface area contributed by atoms with Gasteiger partial charge in [-0.25, -0.2) is 0 Å². The number of carboxylic acids is 1. The number of rotatable bonds is 27. The van der Waals surface area contributed by atoms with E-state index in [2.05, 4.69) is 57.4 Å². The topological polar surface area (TPSA) is 310 Å². The first-order valence-electron chi connectivity index (χ1n) is 21.6. The van der Waals surface area contributed by atoms with Gasteiger partial charge in [0.05, 0.1) is 39.7 Å². The zero-order chi connectivity index (χ0) is 46.6. The van der Waals surface area contributed by atoms with E-state index in [0.29, 0.717) is 24.8 Å². The molecule has 0 bridgehead atoms. The molecule has 20 heteroatoms. The molecule has 346 valence electrons. The van der Waals surface area contributed by atoms with Gasteiger partial charge < -0.3 is 57.1 Å². The number of hydrogen-bond acceptors (Lipinski definition) is 10. The Kier molecular flexibility index (Phi) is 22.0. The van der Waals surface area contributed by atoms with Gasteiger partial charge in [-0.05, 0) is 86.4 Å². The molecule has 0 radical (unpaired) electrons. The minimum atomic E-state index is -1.46. The van der Waals surface area contributed by atoms with Crippen molar-refractivity contribution in [2.45, 2.75) is 135 Å². The number of nitrogens with one attached hydrogen (secondary N) is 4. The molecule has 1 heterocycles. The van der Waals surface area contributed by atoms with Crippen LogP contribution in [0.25, 0.3) is 10.4 Å². The van der Waals surface area contributed by atoms with Gasteiger partial charge >= 0.3 is 0 Å². The number of nitrogens with two attached hydrogens (primary N) is 2. The predicted molar refractivity (Wildman–Crippen MR) is 232 cm³/mol. The van der Waals surface area contributed by atoms with Gasteiger partial charge in [-0.2, -0.15) is 0 Å². The number of phenols is 1. The average molecular weight is 871 g/mol. The Morgan fingerprint density at radius 1 is 0.903 bits per heavy atom. The van der Waals surface area contributed by atoms with Crippen LogP contribution in [0.3, 0.4) is 0 Å². The highest BCUT2D eigenvalue weighted by Crippen LogP contribution is 2.22. The van der Waals surface area contributed by atoms with Gasteiger partial charge in [0.2, 0.25) is 29.5 Å². The SMILES string of the molecule is CC[C@H](C)[C@@H](NC(=O)[C@@H](Cc1ccc(O)cc1)NC(=O)[C@H]1CCCN1C(=O)[C@@H](CCCN=C(N)N)NC(=O)[C@H](CCCCC[N+](C)(C)C)N=[N+]=[N-])C(=O)N[C@H](CC(C)C)C(=O)[O-]. The first kappa shape index (κ1) is 52.5. The molecule has 5 amide bonds. The van der Waals surface area contributed by atoms with E-state index in [-0.39, 0.29) is 69.2 Å². The summed E-state index contributed by atoms with van der Waals surface area (Å²) in [6.07, 6.45) is 4.16. The lowest BCUT2D eigenvalue weighted by atomic mass is 9.96. The number of benzene rings is 1. The van der Waals surface area contributed by atoms with Gasteiger partial charge in [0.15, 0.2) is 5.96 Å². The van der Waals surface area contributed by atoms with Crippen LogP contribution in [0.5, 0.6) is 5.75 Å². The Balaban J connectivity index is 2.38. The molecule has 1 aliphatic rings. The van der Waals surface area contributed by atoms with Gasteiger partial charge in [-0.15, -0.1) is 0 Å². The van der Waals surface area contributed by atoms with Crippen LogP contribution < -0.4 is 37.8 Å². The Labute approximate surface area is 365 Å². The lowest BCUT2D eigenvalue weighted by molar-refractivity contribution is -0.870. The normalized spacial score (nSPS) is 16.7. The van der Waals surface area contributed by atoms with Crippen LogP contribution in [0.2, 0.25) is 0 Å². The van der Waals surface area contributed by atoms with Crippen molar-refractivity contribution in [1.29, 1.82) is 0 Å². The number of quaternary nitrogens is 1. The number of carbonyl (C=O) groups is 6. The molecule has 0 saturated carbocycles. The number of amides is 5. The Bertz CT molecular complexity index is 1720. The standard InChI is InChI=1S/C42H70N12O8/c1-8-27(4)35(39(59)49-33(41(61)62)24-26(2)3)50-37(57)32(25-28-17-19-29(55)20-18-28)48-38(58)34-16-13-22-53(34)40(60)31(15-12-21-46-42(43)44)47-36(56)30(51-52-45)14-10-9-11-23-54(5,6)7/h17-20,26-27,30-35H,8-16,21-25H2,1-7H3,(H9-,43,44,46,47,48,49,50,55,56,57,58,59,61,62)/t27-,30-,31+,32+,33+,34+,35+/m0/s1. The number of nitrogens with zero attached hydrogens (tertiary/aromatic N) is 6. The minimum Gasteiger partial charge on any atom is -0.548 e. The summed E-state index contributed by atoms with van der Waals surface area (Å²) < 4.78 is 0.788. The number of carbonyl (C=O) groups excluding carboxylic acids is 6. The van der Waals surface area contributed by atoms with E-state index in [0.717, 1.165) is 23.9 Å². The minimum absolute atomic E-state index is 0.0162. The molecule has 1 aromatic carbocycles. The third kappa shape index (κ3) is 18.6. The molecule has 1 fully saturated rings. The van der Waals surface area contributed by atoms with Crippen LogP contribution in [-0.2, 0) is 35.2 Å². The number of hydrogen-bond donors (Lipinski definition) is 7. The zero-order valence-corrected chi connectivity index (χ0v) is 37.5. The second-order valence-corrected chi connectivity index (χ2v) is 17.6. The van der Waals surface area contributed by atoms with Crippen LogP contribution in [0, 0.1) is 11.8 Å². The second-order valence-electron chi connectivity index (χ2n) is 17.6. The van der Waals surface area contributed by atoms with Crippen molar-refractivity contribution < 1.29 is 43.5 Å². The smallest absolute Gasteiger partial charge is 0.245 e. The monoisotopic (exact) mass is 871 g/mol. The van der Waals surface area contributed by atoms with Crippen LogP contribution in [0.1, 0.15) is 97.5 Å². The molecule has 9 N–H and O–H groups in total. The van der Waals surface area contributed by atoms with Gasteiger partial charge in [-0.1, -0.05) is 57.8 Å². The van der Waals surface area contributed by atoms with Gasteiger partial charge in [-0.3, -0.25) is 29.0 Å². The molecule has 1 aliphatic heterocycles. The fourth-order valence-corrected chi connectivity index (χ4v) is 7.18. The van der Waals surface area contributed by atoms with E-state index in [4.69, 9.17) is 11.5 Å². The summed E-state index contributed by atoms with van der Waals surface area (Å²) in [5.74, 6) is -5.43. The fourth-order valence-electron chi connectivity index (χ4n) is 7.18. The fraction of sp³-hybridized carbons (Fsp3) is 0.690. The average Bonchev–Trinajstić information content (AvgIpc) is 3.70. The Morgan fingerprint density at radius 2 is 1.56 bits per heavy atom. The highest BCUT2D eigenvalue weighted by Gasteiger charge is 2.40. The number of aromatic hydroxyl groups is 1. The van der Waals surface area contributed by atoms with Crippen molar-refractivity contribution >= 4 is 41.5 Å². The second kappa shape index (κ2) is 26.0. The maximum atomic E-state index is 14.3. The first-order valence-corrected chi connectivity index (χ1v) is 21.6. The van der Waals surface area contributed by atoms with Crippen molar-refractivity contribution in [2.24, 2.45) is 33.4 Å². The van der Waals surface area contributed by atoms with E-state index in [1.807, 2.05) is 6.92 Å². The predicted octanol–water partition coefficient (Wildman–Crippen LogP) is 0.706. The molecule has 0 aromatic heterocycles. The number of phenolic OH excluding ortho intramolecular Hbond substituents is 1. The molecular formula is C42H70N12O8. The van der Waals surface area contributed by atoms with Crippen LogP contribution in [-0.4, -0.2) is 133 Å². The summed E-state index contributed by atoms with van der Waals surface area (Å²) in [6, 6.07) is -0.996. The van der Waals surface area contributed by atoms with Gasteiger partial charge in [0.1, 0.15) is 36.0 Å². The molecule has 62 heavy (non-hydrogen) atoms. The van der Waals surface area contributed by atoms with E-state index < -0.39 is 77.7 Å². The number of azide groups is 1. The van der Waals surface area contributed by atoms with Crippen LogP contribution in [0.4, 0.5) is 0 Å². The summed E-state index contributed by atoms with van der Waals surface area (Å²) >= 11 is 0. The number of guanidine groups is 1. The summed E-state index contributed by atoms with van der Waals surface area (Å²) in [4.78, 5) is 89.9. The molecule has 0 aliphatic carbocycles. The van der Waals surface area contributed by atoms with E-state index in [1.165, 1.54) is 17.0 Å². The van der Waals surface area contributed by atoms with Crippen molar-refractivity contribution in [2.75, 3.05) is 40.8 Å². The third-order valence-electron chi connectivity index (χ3n) is 10.8. The highest BCUT2D eigenvalue weighted by molar-refractivity contribution is 5.96. The number of likely N-dealkylation sites (tertiary alicyclic amines) is 1. The molecule has 0 unspecified atom stereocenters. The third-order valence-corrected chi connectivity index (χ3v) is 10.8. The number of unbranched alkanes of at least 4 members (excludes halogenated alkanes) is 2. The lowest BCUT2D eigenvalue weighted by Crippen LogP contribution is -2.60. The molecule has 20 nitrogen and oxygen atoms in total. The van der Waals surface area contributed by atoms with Crippen LogP contribution >= 0.6 is 0 Å². The van der Waals surface area contributed by atoms with Crippen molar-refractivity contribution in [1.82, 2.24) is 26.2 Å². The van der Waals surface area contributed by atoms with E-state index in [9.17, 15) is 44.5 Å². The summed E-state index contributed by atoms with van der Waals surface area (Å²) in [6.45, 7) is 8.40. The first-order chi connectivity index (χ1) is 29.2.